The van der Waals surface area contributed by atoms with Crippen LogP contribution >= 0.6 is 11.3 Å². The van der Waals surface area contributed by atoms with E-state index in [1.807, 2.05) is 40.6 Å². The Morgan fingerprint density at radius 3 is 2.48 bits per heavy atom. The Kier molecular flexibility index (Phi) is 6.77. The summed E-state index contributed by atoms with van der Waals surface area (Å²) in [6, 6.07) is 9.36. The van der Waals surface area contributed by atoms with Gasteiger partial charge in [0.2, 0.25) is 5.91 Å². The smallest absolute Gasteiger partial charge is 0.264 e. The minimum Gasteiger partial charge on any atom is -0.493 e. The van der Waals surface area contributed by atoms with Gasteiger partial charge in [0, 0.05) is 39.3 Å². The Morgan fingerprint density at radius 2 is 1.81 bits per heavy atom. The van der Waals surface area contributed by atoms with Gasteiger partial charge in [0.1, 0.15) is 6.04 Å². The van der Waals surface area contributed by atoms with Gasteiger partial charge in [-0.15, -0.1) is 11.3 Å². The third-order valence-corrected chi connectivity index (χ3v) is 6.93. The molecule has 0 aliphatic carbocycles. The highest BCUT2D eigenvalue weighted by Crippen LogP contribution is 2.28. The third-order valence-electron chi connectivity index (χ3n) is 6.07. The highest BCUT2D eigenvalue weighted by atomic mass is 32.1. The summed E-state index contributed by atoms with van der Waals surface area (Å²) in [7, 11) is 3.27. The van der Waals surface area contributed by atoms with Gasteiger partial charge in [-0.1, -0.05) is 12.1 Å². The van der Waals surface area contributed by atoms with Crippen LogP contribution in [0.5, 0.6) is 11.5 Å². The van der Waals surface area contributed by atoms with E-state index >= 15 is 0 Å². The van der Waals surface area contributed by atoms with Crippen molar-refractivity contribution in [1.29, 1.82) is 0 Å². The maximum atomic E-state index is 13.2. The van der Waals surface area contributed by atoms with Gasteiger partial charge in [-0.2, -0.15) is 0 Å². The molecule has 7 nitrogen and oxygen atoms in total. The van der Waals surface area contributed by atoms with Gasteiger partial charge in [-0.3, -0.25) is 14.5 Å². The fourth-order valence-electron chi connectivity index (χ4n) is 4.38. The quantitative estimate of drug-likeness (QED) is 0.687. The number of carbonyl (C=O) groups excluding carboxylic acids is 2. The summed E-state index contributed by atoms with van der Waals surface area (Å²) < 4.78 is 10.7. The first-order valence-corrected chi connectivity index (χ1v) is 11.5. The average Bonchev–Trinajstić information content (AvgIpc) is 3.51. The summed E-state index contributed by atoms with van der Waals surface area (Å²) in [4.78, 5) is 32.7. The molecule has 1 unspecified atom stereocenters. The van der Waals surface area contributed by atoms with Crippen molar-refractivity contribution in [1.82, 2.24) is 14.7 Å². The van der Waals surface area contributed by atoms with Crippen LogP contribution in [-0.4, -0.2) is 79.5 Å². The average molecular weight is 444 g/mol. The number of carbonyl (C=O) groups is 2. The van der Waals surface area contributed by atoms with E-state index in [1.54, 1.807) is 19.1 Å². The number of rotatable bonds is 6. The van der Waals surface area contributed by atoms with Crippen molar-refractivity contribution >= 4 is 23.2 Å². The van der Waals surface area contributed by atoms with Gasteiger partial charge in [0.25, 0.3) is 5.91 Å². The van der Waals surface area contributed by atoms with Gasteiger partial charge in [-0.25, -0.2) is 0 Å². The molecule has 31 heavy (non-hydrogen) atoms. The number of hydrogen-bond acceptors (Lipinski definition) is 6. The molecule has 4 rings (SSSR count). The summed E-state index contributed by atoms with van der Waals surface area (Å²) in [5, 5.41) is 1.90. The summed E-state index contributed by atoms with van der Waals surface area (Å²) in [5.74, 6) is 1.52. The fourth-order valence-corrected chi connectivity index (χ4v) is 5.06. The van der Waals surface area contributed by atoms with Crippen molar-refractivity contribution in [2.24, 2.45) is 0 Å². The number of ether oxygens (including phenoxy) is 2. The molecule has 2 saturated heterocycles. The van der Waals surface area contributed by atoms with E-state index in [0.717, 1.165) is 49.5 Å². The predicted molar refractivity (Wildman–Crippen MR) is 120 cm³/mol. The number of hydrogen-bond donors (Lipinski definition) is 0. The van der Waals surface area contributed by atoms with Crippen LogP contribution in [-0.2, 0) is 11.3 Å². The molecule has 0 saturated carbocycles. The Balaban J connectivity index is 1.33. The van der Waals surface area contributed by atoms with E-state index in [1.165, 1.54) is 11.3 Å². The monoisotopic (exact) mass is 443 g/mol. The van der Waals surface area contributed by atoms with Crippen LogP contribution in [0.1, 0.15) is 28.1 Å². The summed E-state index contributed by atoms with van der Waals surface area (Å²) in [5.41, 5.74) is 1.15. The molecule has 1 aromatic heterocycles. The number of likely N-dealkylation sites (tertiary alicyclic amines) is 1. The lowest BCUT2D eigenvalue weighted by atomic mass is 10.1. The Bertz CT molecular complexity index is 910. The van der Waals surface area contributed by atoms with Crippen LogP contribution in [0.3, 0.4) is 0 Å². The maximum absolute atomic E-state index is 13.2. The second-order valence-corrected chi connectivity index (χ2v) is 8.87. The maximum Gasteiger partial charge on any atom is 0.264 e. The molecular formula is C23H29N3O4S. The minimum absolute atomic E-state index is 0.0158. The van der Waals surface area contributed by atoms with E-state index in [4.69, 9.17) is 9.47 Å². The van der Waals surface area contributed by atoms with E-state index in [2.05, 4.69) is 4.90 Å². The van der Waals surface area contributed by atoms with Crippen LogP contribution in [0.4, 0.5) is 0 Å². The van der Waals surface area contributed by atoms with Gasteiger partial charge in [0.05, 0.1) is 19.1 Å². The number of piperazine rings is 1. The molecule has 166 valence electrons. The summed E-state index contributed by atoms with van der Waals surface area (Å²) >= 11 is 1.43. The summed E-state index contributed by atoms with van der Waals surface area (Å²) in [6.45, 7) is 4.45. The zero-order valence-corrected chi connectivity index (χ0v) is 18.9. The van der Waals surface area contributed by atoms with Gasteiger partial charge in [0.15, 0.2) is 11.5 Å². The van der Waals surface area contributed by atoms with Gasteiger partial charge >= 0.3 is 0 Å². The molecule has 1 aromatic carbocycles. The third kappa shape index (κ3) is 4.70. The van der Waals surface area contributed by atoms with Gasteiger partial charge < -0.3 is 19.3 Å². The van der Waals surface area contributed by atoms with Crippen molar-refractivity contribution in [2.45, 2.75) is 25.4 Å². The van der Waals surface area contributed by atoms with Crippen molar-refractivity contribution in [3.8, 4) is 11.5 Å². The van der Waals surface area contributed by atoms with E-state index < -0.39 is 0 Å². The standard InChI is InChI=1S/C23H29N3O4S/c1-29-19-8-7-17(15-20(19)30-2)16-24-10-12-25(13-11-24)22(27)18-5-3-9-26(18)23(28)21-6-4-14-31-21/h4,6-8,14-15,18H,3,5,9-13,16H2,1-2H3. The first-order valence-electron chi connectivity index (χ1n) is 10.7. The molecule has 0 radical (unpaired) electrons. The van der Waals surface area contributed by atoms with Crippen molar-refractivity contribution in [3.63, 3.8) is 0 Å². The van der Waals surface area contributed by atoms with E-state index in [-0.39, 0.29) is 17.9 Å². The molecule has 2 aliphatic heterocycles. The molecule has 0 spiro atoms. The SMILES string of the molecule is COc1ccc(CN2CCN(C(=O)C3CCCN3C(=O)c3cccs3)CC2)cc1OC. The number of nitrogens with zero attached hydrogens (tertiary/aromatic N) is 3. The molecule has 0 N–H and O–H groups in total. The molecule has 1 atom stereocenters. The van der Waals surface area contributed by atoms with E-state index in [0.29, 0.717) is 24.5 Å². The van der Waals surface area contributed by atoms with E-state index in [9.17, 15) is 9.59 Å². The van der Waals surface area contributed by atoms with Crippen molar-refractivity contribution < 1.29 is 19.1 Å². The second kappa shape index (κ2) is 9.70. The zero-order valence-electron chi connectivity index (χ0n) is 18.1. The number of benzene rings is 1. The Hall–Kier alpha value is -2.58. The number of thiophene rings is 1. The highest BCUT2D eigenvalue weighted by molar-refractivity contribution is 7.12. The van der Waals surface area contributed by atoms with Crippen molar-refractivity contribution in [3.05, 3.63) is 46.2 Å². The molecule has 0 bridgehead atoms. The lowest BCUT2D eigenvalue weighted by Crippen LogP contribution is -2.54. The molecule has 3 heterocycles. The molecule has 2 aliphatic rings. The minimum atomic E-state index is -0.327. The Labute approximate surface area is 187 Å². The first-order chi connectivity index (χ1) is 15.1. The predicted octanol–water partition coefficient (Wildman–Crippen LogP) is 2.71. The van der Waals surface area contributed by atoms with Crippen LogP contribution < -0.4 is 9.47 Å². The number of amides is 2. The molecule has 2 aromatic rings. The van der Waals surface area contributed by atoms with Crippen LogP contribution in [0.2, 0.25) is 0 Å². The molecular weight excluding hydrogens is 414 g/mol. The highest BCUT2D eigenvalue weighted by Gasteiger charge is 2.37. The lowest BCUT2D eigenvalue weighted by Gasteiger charge is -2.37. The van der Waals surface area contributed by atoms with Gasteiger partial charge in [-0.05, 0) is 42.0 Å². The zero-order chi connectivity index (χ0) is 21.8. The molecule has 2 fully saturated rings. The Morgan fingerprint density at radius 1 is 1.03 bits per heavy atom. The van der Waals surface area contributed by atoms with Crippen LogP contribution in [0.15, 0.2) is 35.7 Å². The molecule has 2 amide bonds. The largest absolute Gasteiger partial charge is 0.493 e. The first kappa shape index (κ1) is 21.6. The fraction of sp³-hybridized carbons (Fsp3) is 0.478. The lowest BCUT2D eigenvalue weighted by molar-refractivity contribution is -0.137. The van der Waals surface area contributed by atoms with Crippen molar-refractivity contribution in [2.75, 3.05) is 46.9 Å². The van der Waals surface area contributed by atoms with Crippen LogP contribution in [0.25, 0.3) is 0 Å². The summed E-state index contributed by atoms with van der Waals surface area (Å²) in [6.07, 6.45) is 1.63. The molecule has 8 heteroatoms. The topological polar surface area (TPSA) is 62.3 Å². The van der Waals surface area contributed by atoms with Crippen LogP contribution in [0, 0.1) is 0 Å². The normalized spacial score (nSPS) is 19.5. The number of methoxy groups -OCH3 is 2. The second-order valence-electron chi connectivity index (χ2n) is 7.92.